The summed E-state index contributed by atoms with van der Waals surface area (Å²) in [5.74, 6) is 2.16. The molecule has 0 aromatic carbocycles. The molecule has 21 heavy (non-hydrogen) atoms. The highest BCUT2D eigenvalue weighted by molar-refractivity contribution is 5.72. The topological polar surface area (TPSA) is 58.1 Å². The molecule has 0 atom stereocenters. The Morgan fingerprint density at radius 2 is 2.19 bits per heavy atom. The zero-order valence-electron chi connectivity index (χ0n) is 12.3. The van der Waals surface area contributed by atoms with Crippen molar-refractivity contribution in [1.29, 1.82) is 0 Å². The highest BCUT2D eigenvalue weighted by Crippen LogP contribution is 2.38. The average molecular weight is 292 g/mol. The molecule has 0 spiro atoms. The normalized spacial score (nSPS) is 21.1. The lowest BCUT2D eigenvalue weighted by Gasteiger charge is -2.37. The van der Waals surface area contributed by atoms with Gasteiger partial charge < -0.3 is 10.2 Å². The first kappa shape index (κ1) is 14.2. The molecule has 1 aliphatic carbocycles. The van der Waals surface area contributed by atoms with E-state index in [2.05, 4.69) is 20.2 Å². The molecule has 0 bridgehead atoms. The lowest BCUT2D eigenvalue weighted by atomic mass is 9.93. The number of nitrogens with zero attached hydrogens (tertiary/aromatic N) is 3. The average Bonchev–Trinajstić information content (AvgIpc) is 3.31. The molecule has 1 aromatic heterocycles. The van der Waals surface area contributed by atoms with E-state index >= 15 is 0 Å². The second-order valence-corrected chi connectivity index (χ2v) is 6.09. The van der Waals surface area contributed by atoms with E-state index in [-0.39, 0.29) is 12.5 Å². The predicted molar refractivity (Wildman–Crippen MR) is 78.0 cm³/mol. The van der Waals surface area contributed by atoms with E-state index in [9.17, 15) is 9.18 Å². The van der Waals surface area contributed by atoms with Crippen LogP contribution in [0.1, 0.15) is 44.3 Å². The van der Waals surface area contributed by atoms with Gasteiger partial charge >= 0.3 is 0 Å². The molecule has 2 heterocycles. The quantitative estimate of drug-likeness (QED) is 0.919. The van der Waals surface area contributed by atoms with E-state index in [1.54, 1.807) is 6.20 Å². The monoisotopic (exact) mass is 292 g/mol. The van der Waals surface area contributed by atoms with Crippen molar-refractivity contribution in [3.8, 4) is 0 Å². The van der Waals surface area contributed by atoms with Gasteiger partial charge in [0.1, 0.15) is 17.3 Å². The molecule has 1 saturated heterocycles. The van der Waals surface area contributed by atoms with Gasteiger partial charge in [-0.1, -0.05) is 0 Å². The van der Waals surface area contributed by atoms with Gasteiger partial charge in [0.25, 0.3) is 0 Å². The fourth-order valence-electron chi connectivity index (χ4n) is 2.67. The first-order valence-corrected chi connectivity index (χ1v) is 7.57. The molecule has 5 nitrogen and oxygen atoms in total. The first-order chi connectivity index (χ1) is 10.1. The minimum absolute atomic E-state index is 0.104. The summed E-state index contributed by atoms with van der Waals surface area (Å²) in [5, 5.41) is 2.58. The van der Waals surface area contributed by atoms with Crippen LogP contribution >= 0.6 is 0 Å². The molecule has 2 fully saturated rings. The first-order valence-electron chi connectivity index (χ1n) is 7.57. The van der Waals surface area contributed by atoms with Crippen LogP contribution in [0.4, 0.5) is 10.2 Å². The van der Waals surface area contributed by atoms with Crippen molar-refractivity contribution in [2.75, 3.05) is 24.5 Å². The number of nitrogens with one attached hydrogen (secondary N) is 1. The fraction of sp³-hybridized carbons (Fsp3) is 0.667. The number of piperidine rings is 1. The molecule has 3 rings (SSSR count). The molecule has 0 unspecified atom stereocenters. The number of hydrogen-bond donors (Lipinski definition) is 1. The maximum Gasteiger partial charge on any atom is 0.216 e. The Kier molecular flexibility index (Phi) is 3.78. The summed E-state index contributed by atoms with van der Waals surface area (Å²) >= 11 is 0. The Morgan fingerprint density at radius 1 is 1.48 bits per heavy atom. The number of rotatable bonds is 4. The number of anilines is 1. The minimum atomic E-state index is -1.30. The van der Waals surface area contributed by atoms with Gasteiger partial charge in [-0.25, -0.2) is 14.4 Å². The van der Waals surface area contributed by atoms with Crippen molar-refractivity contribution < 1.29 is 9.18 Å². The van der Waals surface area contributed by atoms with Crippen LogP contribution in [0.2, 0.25) is 0 Å². The molecule has 6 heteroatoms. The van der Waals surface area contributed by atoms with Crippen molar-refractivity contribution in [2.24, 2.45) is 0 Å². The summed E-state index contributed by atoms with van der Waals surface area (Å²) in [7, 11) is 0. The molecule has 0 radical (unpaired) electrons. The molecular formula is C15H21FN4O. The van der Waals surface area contributed by atoms with E-state index in [0.29, 0.717) is 31.8 Å². The van der Waals surface area contributed by atoms with E-state index < -0.39 is 5.67 Å². The molecule has 1 aliphatic heterocycles. The van der Waals surface area contributed by atoms with Gasteiger partial charge in [0.05, 0.1) is 6.54 Å². The third-order valence-corrected chi connectivity index (χ3v) is 4.24. The van der Waals surface area contributed by atoms with Crippen LogP contribution < -0.4 is 10.2 Å². The molecule has 1 N–H and O–H groups in total. The van der Waals surface area contributed by atoms with Crippen LogP contribution in [0.25, 0.3) is 0 Å². The third kappa shape index (κ3) is 3.49. The highest BCUT2D eigenvalue weighted by Gasteiger charge is 2.35. The minimum Gasteiger partial charge on any atom is -0.356 e. The van der Waals surface area contributed by atoms with Gasteiger partial charge in [-0.05, 0) is 18.9 Å². The van der Waals surface area contributed by atoms with Crippen molar-refractivity contribution >= 4 is 11.7 Å². The Balaban J connectivity index is 1.60. The van der Waals surface area contributed by atoms with Crippen LogP contribution in [-0.2, 0) is 4.79 Å². The predicted octanol–water partition coefficient (Wildman–Crippen LogP) is 1.80. The summed E-state index contributed by atoms with van der Waals surface area (Å²) < 4.78 is 14.6. The van der Waals surface area contributed by atoms with Crippen molar-refractivity contribution in [1.82, 2.24) is 15.3 Å². The van der Waals surface area contributed by atoms with E-state index in [4.69, 9.17) is 0 Å². The molecule has 1 aromatic rings. The Bertz CT molecular complexity index is 524. The fourth-order valence-corrected chi connectivity index (χ4v) is 2.67. The summed E-state index contributed by atoms with van der Waals surface area (Å²) in [5.41, 5.74) is -1.30. The SMILES string of the molecule is CC(=O)NCC1(F)CCN(c2ccnc(C3CC3)n2)CC1. The van der Waals surface area contributed by atoms with Gasteiger partial charge in [0, 0.05) is 45.0 Å². The molecule has 1 amide bonds. The maximum atomic E-state index is 14.6. The number of amides is 1. The van der Waals surface area contributed by atoms with Gasteiger partial charge in [-0.2, -0.15) is 0 Å². The standard InChI is InChI=1S/C15H21FN4O/c1-11(21)18-10-15(16)5-8-20(9-6-15)13-4-7-17-14(19-13)12-2-3-12/h4,7,12H,2-3,5-6,8-10H2,1H3,(H,18,21). The Labute approximate surface area is 124 Å². The summed E-state index contributed by atoms with van der Waals surface area (Å²) in [6.07, 6.45) is 4.97. The van der Waals surface area contributed by atoms with Crippen LogP contribution in [0.3, 0.4) is 0 Å². The van der Waals surface area contributed by atoms with Crippen LogP contribution in [0, 0.1) is 0 Å². The van der Waals surface area contributed by atoms with E-state index in [1.807, 2.05) is 6.07 Å². The number of halogens is 1. The highest BCUT2D eigenvalue weighted by atomic mass is 19.1. The Hall–Kier alpha value is -1.72. The smallest absolute Gasteiger partial charge is 0.216 e. The Morgan fingerprint density at radius 3 is 2.81 bits per heavy atom. The van der Waals surface area contributed by atoms with Crippen molar-refractivity contribution in [2.45, 2.75) is 44.2 Å². The van der Waals surface area contributed by atoms with Crippen LogP contribution in [0.15, 0.2) is 12.3 Å². The number of aromatic nitrogens is 2. The van der Waals surface area contributed by atoms with Crippen LogP contribution in [-0.4, -0.2) is 41.2 Å². The van der Waals surface area contributed by atoms with Gasteiger partial charge in [-0.3, -0.25) is 4.79 Å². The van der Waals surface area contributed by atoms with Crippen LogP contribution in [0.5, 0.6) is 0 Å². The lowest BCUT2D eigenvalue weighted by molar-refractivity contribution is -0.119. The maximum absolute atomic E-state index is 14.6. The second kappa shape index (κ2) is 5.58. The van der Waals surface area contributed by atoms with Crippen molar-refractivity contribution in [3.05, 3.63) is 18.1 Å². The number of alkyl halides is 1. The summed E-state index contributed by atoms with van der Waals surface area (Å²) in [6.45, 7) is 2.76. The van der Waals surface area contributed by atoms with E-state index in [1.165, 1.54) is 19.8 Å². The second-order valence-electron chi connectivity index (χ2n) is 6.09. The molecular weight excluding hydrogens is 271 g/mol. The van der Waals surface area contributed by atoms with Gasteiger partial charge in [0.15, 0.2) is 0 Å². The molecule has 1 saturated carbocycles. The summed E-state index contributed by atoms with van der Waals surface area (Å²) in [6, 6.07) is 1.89. The molecule has 114 valence electrons. The largest absolute Gasteiger partial charge is 0.356 e. The number of hydrogen-bond acceptors (Lipinski definition) is 4. The van der Waals surface area contributed by atoms with Gasteiger partial charge in [-0.15, -0.1) is 0 Å². The van der Waals surface area contributed by atoms with Gasteiger partial charge in [0.2, 0.25) is 5.91 Å². The zero-order valence-corrected chi connectivity index (χ0v) is 12.3. The summed E-state index contributed by atoms with van der Waals surface area (Å²) in [4.78, 5) is 21.9. The van der Waals surface area contributed by atoms with Crippen molar-refractivity contribution in [3.63, 3.8) is 0 Å². The number of carbonyl (C=O) groups is 1. The molecule has 2 aliphatic rings. The van der Waals surface area contributed by atoms with E-state index in [0.717, 1.165) is 11.6 Å². The lowest BCUT2D eigenvalue weighted by Crippen LogP contribution is -2.48. The number of carbonyl (C=O) groups excluding carboxylic acids is 1. The third-order valence-electron chi connectivity index (χ3n) is 4.24. The zero-order chi connectivity index (χ0) is 14.9.